The molecule has 0 aliphatic carbocycles. The number of fused-ring (bicyclic) bond motifs is 1. The van der Waals surface area contributed by atoms with E-state index < -0.39 is 34.6 Å². The molecule has 2 aliphatic rings. The summed E-state index contributed by atoms with van der Waals surface area (Å²) >= 11 is 5.75. The number of carbonyl (C=O) groups is 4. The molecule has 1 saturated heterocycles. The summed E-state index contributed by atoms with van der Waals surface area (Å²) in [5, 5.41) is 2.62. The van der Waals surface area contributed by atoms with Gasteiger partial charge < -0.3 is 9.71 Å². The van der Waals surface area contributed by atoms with Gasteiger partial charge in [-0.05, 0) is 35.7 Å². The summed E-state index contributed by atoms with van der Waals surface area (Å²) in [6.45, 7) is 0.0260. The van der Waals surface area contributed by atoms with Crippen LogP contribution in [0.15, 0.2) is 42.5 Å². The topological polar surface area (TPSA) is 86.8 Å². The minimum absolute atomic E-state index is 0.104. The second-order valence-electron chi connectivity index (χ2n) is 9.32. The lowest BCUT2D eigenvalue weighted by Gasteiger charge is -2.42. The highest BCUT2D eigenvalue weighted by Crippen LogP contribution is 2.36. The van der Waals surface area contributed by atoms with Gasteiger partial charge in [0.1, 0.15) is 15.7 Å². The van der Waals surface area contributed by atoms with Crippen LogP contribution in [0, 0.1) is 0 Å². The van der Waals surface area contributed by atoms with Crippen LogP contribution < -0.4 is 5.32 Å². The van der Waals surface area contributed by atoms with Gasteiger partial charge in [-0.25, -0.2) is 0 Å². The summed E-state index contributed by atoms with van der Waals surface area (Å²) < 4.78 is 29.5. The Morgan fingerprint density at radius 1 is 1.20 bits per heavy atom. The number of imide groups is 1. The van der Waals surface area contributed by atoms with E-state index in [0.29, 0.717) is 16.7 Å². The molecule has 2 aromatic rings. The van der Waals surface area contributed by atoms with Crippen molar-refractivity contribution in [2.75, 3.05) is 0 Å². The second-order valence-corrected chi connectivity index (χ2v) is 9.76. The number of piperidine rings is 1. The van der Waals surface area contributed by atoms with E-state index in [1.807, 2.05) is 0 Å². The molecule has 4 amide bonds. The largest absolute Gasteiger partial charge is 0.384 e. The van der Waals surface area contributed by atoms with E-state index in [0.717, 1.165) is 16.9 Å². The predicted octanol–water partition coefficient (Wildman–Crippen LogP) is -0.238. The zero-order chi connectivity index (χ0) is 25.7. The highest BCUT2D eigenvalue weighted by Gasteiger charge is 2.50. The highest BCUT2D eigenvalue weighted by atomic mass is 35.5. The Morgan fingerprint density at radius 3 is 2.51 bits per heavy atom. The van der Waals surface area contributed by atoms with Gasteiger partial charge in [0.25, 0.3) is 11.8 Å². The van der Waals surface area contributed by atoms with Gasteiger partial charge in [0.2, 0.25) is 19.8 Å². The predicted molar refractivity (Wildman–Crippen MR) is 132 cm³/mol. The fourth-order valence-electron chi connectivity index (χ4n) is 4.62. The molecule has 13 heteroatoms. The third kappa shape index (κ3) is 4.35. The molecule has 2 heterocycles. The van der Waals surface area contributed by atoms with E-state index >= 15 is 0 Å². The Kier molecular flexibility index (Phi) is 6.29. The molecule has 7 nitrogen and oxygen atoms in total. The lowest BCUT2D eigenvalue weighted by molar-refractivity contribution is -0.154. The van der Waals surface area contributed by atoms with Crippen LogP contribution >= 0.6 is 11.6 Å². The standard InChI is InChI=1S/C22H21B3ClF2N3O4/c23-16-8-21(24,19(34)29-17(16)32)30-10-12-7-11(1-6-15(12)18(30)33)9-31(25)20(35)22(27,28)13-2-4-14(26)5-3-13/h1-7,16H,8-10,23-25H2,(H,29,32,34)/t16?,21-/m1/s1. The SMILES string of the molecule is BC1C[C@@](B)(N2Cc3cc(CN(B)C(=O)C(F)(F)c4ccc(Cl)cc4)ccc3C2=O)C(=O)NC1=O. The molecule has 2 aliphatic heterocycles. The number of nitrogens with zero attached hydrogens (tertiary/aromatic N) is 2. The lowest BCUT2D eigenvalue weighted by atomic mass is 9.62. The van der Waals surface area contributed by atoms with Gasteiger partial charge in [-0.3, -0.25) is 24.5 Å². The number of hydrogen-bond donors (Lipinski definition) is 1. The second kappa shape index (κ2) is 8.82. The zero-order valence-corrected chi connectivity index (χ0v) is 20.2. The van der Waals surface area contributed by atoms with Gasteiger partial charge in [0.15, 0.2) is 0 Å². The number of carbonyl (C=O) groups excluding carboxylic acids is 4. The number of benzene rings is 2. The molecule has 0 radical (unpaired) electrons. The van der Waals surface area contributed by atoms with Gasteiger partial charge in [-0.1, -0.05) is 35.9 Å². The van der Waals surface area contributed by atoms with Gasteiger partial charge >= 0.3 is 5.92 Å². The van der Waals surface area contributed by atoms with E-state index in [2.05, 4.69) is 5.32 Å². The van der Waals surface area contributed by atoms with Crippen molar-refractivity contribution in [3.8, 4) is 0 Å². The zero-order valence-electron chi connectivity index (χ0n) is 19.4. The Hall–Kier alpha value is -3.14. The average molecular weight is 497 g/mol. The number of halogens is 3. The minimum atomic E-state index is -3.74. The van der Waals surface area contributed by atoms with Crippen molar-refractivity contribution in [1.82, 2.24) is 15.0 Å². The average Bonchev–Trinajstić information content (AvgIpc) is 3.14. The molecule has 178 valence electrons. The molecule has 0 saturated carbocycles. The van der Waals surface area contributed by atoms with Crippen LogP contribution in [0.4, 0.5) is 8.78 Å². The number of rotatable bonds is 5. The van der Waals surface area contributed by atoms with Crippen molar-refractivity contribution in [1.29, 1.82) is 0 Å². The molecule has 2 atom stereocenters. The molecular formula is C22H21B3ClF2N3O4. The first-order valence-corrected chi connectivity index (χ1v) is 11.4. The van der Waals surface area contributed by atoms with E-state index in [-0.39, 0.29) is 36.3 Å². The Bertz CT molecular complexity index is 1250. The van der Waals surface area contributed by atoms with Gasteiger partial charge in [-0.2, -0.15) is 8.78 Å². The van der Waals surface area contributed by atoms with E-state index in [1.54, 1.807) is 33.9 Å². The number of hydrogen-bond acceptors (Lipinski definition) is 4. The molecular weight excluding hydrogens is 476 g/mol. The molecule has 35 heavy (non-hydrogen) atoms. The molecule has 2 aromatic carbocycles. The minimum Gasteiger partial charge on any atom is -0.384 e. The molecule has 0 aromatic heterocycles. The quantitative estimate of drug-likeness (QED) is 0.457. The fraction of sp³-hybridized carbons (Fsp3) is 0.273. The third-order valence-corrected chi connectivity index (χ3v) is 6.94. The van der Waals surface area contributed by atoms with Gasteiger partial charge in [0.05, 0.1) is 5.44 Å². The Morgan fingerprint density at radius 2 is 1.86 bits per heavy atom. The van der Waals surface area contributed by atoms with Crippen molar-refractivity contribution in [3.05, 3.63) is 69.7 Å². The van der Waals surface area contributed by atoms with Crippen molar-refractivity contribution >= 4 is 58.9 Å². The van der Waals surface area contributed by atoms with Crippen LogP contribution in [-0.4, -0.2) is 62.5 Å². The Balaban J connectivity index is 1.51. The van der Waals surface area contributed by atoms with E-state index in [1.165, 1.54) is 25.0 Å². The van der Waals surface area contributed by atoms with Crippen molar-refractivity contribution in [2.45, 2.75) is 36.7 Å². The van der Waals surface area contributed by atoms with Gasteiger partial charge in [0, 0.05) is 35.1 Å². The molecule has 4 rings (SSSR count). The molecule has 1 fully saturated rings. The molecule has 0 bridgehead atoms. The van der Waals surface area contributed by atoms with E-state index in [4.69, 9.17) is 11.6 Å². The summed E-state index contributed by atoms with van der Waals surface area (Å²) in [7, 11) is 4.60. The molecule has 1 unspecified atom stereocenters. The van der Waals surface area contributed by atoms with Crippen LogP contribution in [0.1, 0.15) is 33.5 Å². The summed E-state index contributed by atoms with van der Waals surface area (Å²) in [5.74, 6) is -6.79. The van der Waals surface area contributed by atoms with E-state index in [9.17, 15) is 28.0 Å². The molecule has 1 N–H and O–H groups in total. The van der Waals surface area contributed by atoms with Crippen molar-refractivity contribution in [3.63, 3.8) is 0 Å². The number of alkyl halides is 2. The van der Waals surface area contributed by atoms with Crippen LogP contribution in [0.5, 0.6) is 0 Å². The Labute approximate surface area is 208 Å². The maximum Gasteiger partial charge on any atom is 0.348 e. The summed E-state index contributed by atoms with van der Waals surface area (Å²) in [6, 6.07) is 9.66. The van der Waals surface area contributed by atoms with Crippen LogP contribution in [0.2, 0.25) is 10.8 Å². The maximum atomic E-state index is 14.8. The number of amides is 4. The summed E-state index contributed by atoms with van der Waals surface area (Å²) in [4.78, 5) is 52.5. The fourth-order valence-corrected chi connectivity index (χ4v) is 4.75. The first-order chi connectivity index (χ1) is 16.3. The summed E-state index contributed by atoms with van der Waals surface area (Å²) in [5.41, 5.74) is -0.0791. The van der Waals surface area contributed by atoms with Crippen LogP contribution in [0.25, 0.3) is 0 Å². The first-order valence-electron chi connectivity index (χ1n) is 11.0. The molecule has 0 spiro atoms. The maximum absolute atomic E-state index is 14.8. The smallest absolute Gasteiger partial charge is 0.348 e. The lowest BCUT2D eigenvalue weighted by Crippen LogP contribution is -2.64. The van der Waals surface area contributed by atoms with Gasteiger partial charge in [-0.15, -0.1) is 0 Å². The summed E-state index contributed by atoms with van der Waals surface area (Å²) in [6.07, 6.45) is 0.196. The number of nitrogens with one attached hydrogen (secondary N) is 1. The third-order valence-electron chi connectivity index (χ3n) is 6.69. The van der Waals surface area contributed by atoms with Crippen LogP contribution in [0.3, 0.4) is 0 Å². The monoisotopic (exact) mass is 497 g/mol. The van der Waals surface area contributed by atoms with Crippen LogP contribution in [-0.2, 0) is 33.4 Å². The van der Waals surface area contributed by atoms with Crippen molar-refractivity contribution in [2.24, 2.45) is 0 Å². The highest BCUT2D eigenvalue weighted by molar-refractivity contribution is 6.36. The normalized spacial score (nSPS) is 22.1. The first kappa shape index (κ1) is 25.0. The van der Waals surface area contributed by atoms with Crippen molar-refractivity contribution < 1.29 is 28.0 Å².